The number of likely N-dealkylation sites (N-methyl/N-ethyl adjacent to an activating group) is 1. The fourth-order valence-corrected chi connectivity index (χ4v) is 2.72. The molecule has 18 heavy (non-hydrogen) atoms. The second-order valence-corrected chi connectivity index (χ2v) is 5.43. The van der Waals surface area contributed by atoms with Crippen molar-refractivity contribution in [3.8, 4) is 5.75 Å². The molecule has 2 rings (SSSR count). The monoisotopic (exact) mass is 268 g/mol. The molecule has 1 aliphatic rings. The van der Waals surface area contributed by atoms with E-state index in [1.807, 2.05) is 18.2 Å². The van der Waals surface area contributed by atoms with E-state index in [1.54, 1.807) is 7.11 Å². The van der Waals surface area contributed by atoms with Crippen molar-refractivity contribution in [2.24, 2.45) is 0 Å². The van der Waals surface area contributed by atoms with E-state index in [9.17, 15) is 0 Å². The van der Waals surface area contributed by atoms with E-state index in [4.69, 9.17) is 16.3 Å². The third-order valence-electron chi connectivity index (χ3n) is 3.75. The predicted octanol–water partition coefficient (Wildman–Crippen LogP) is 2.53. The molecular formula is C14H21ClN2O. The minimum absolute atomic E-state index is 0.533. The zero-order valence-corrected chi connectivity index (χ0v) is 12.0. The van der Waals surface area contributed by atoms with Gasteiger partial charge < -0.3 is 15.0 Å². The second kappa shape index (κ2) is 5.91. The third-order valence-corrected chi connectivity index (χ3v) is 4.10. The van der Waals surface area contributed by atoms with E-state index < -0.39 is 0 Å². The zero-order chi connectivity index (χ0) is 13.1. The molecule has 0 radical (unpaired) electrons. The second-order valence-electron chi connectivity index (χ2n) is 5.02. The molecule has 1 saturated heterocycles. The van der Waals surface area contributed by atoms with E-state index in [1.165, 1.54) is 6.42 Å². The number of ether oxygens (including phenoxy) is 1. The number of hydrogen-bond acceptors (Lipinski definition) is 3. The molecule has 1 fully saturated rings. The normalized spacial score (nSPS) is 24.4. The van der Waals surface area contributed by atoms with Crippen LogP contribution in [0.3, 0.4) is 0 Å². The summed E-state index contributed by atoms with van der Waals surface area (Å²) >= 11 is 6.22. The van der Waals surface area contributed by atoms with E-state index in [0.29, 0.717) is 12.1 Å². The summed E-state index contributed by atoms with van der Waals surface area (Å²) in [4.78, 5) is 2.38. The van der Waals surface area contributed by atoms with Gasteiger partial charge in [0.05, 0.1) is 7.11 Å². The molecule has 1 N–H and O–H groups in total. The van der Waals surface area contributed by atoms with Gasteiger partial charge in [0.1, 0.15) is 5.75 Å². The molecule has 0 bridgehead atoms. The van der Waals surface area contributed by atoms with Crippen molar-refractivity contribution in [2.75, 3.05) is 20.7 Å². The highest BCUT2D eigenvalue weighted by Gasteiger charge is 2.25. The largest absolute Gasteiger partial charge is 0.496 e. The Labute approximate surface area is 114 Å². The number of halogens is 1. The van der Waals surface area contributed by atoms with Crippen LogP contribution in [-0.2, 0) is 6.54 Å². The lowest BCUT2D eigenvalue weighted by Gasteiger charge is -2.15. The van der Waals surface area contributed by atoms with Crippen LogP contribution in [0.2, 0.25) is 5.02 Å². The van der Waals surface area contributed by atoms with Gasteiger partial charge in [-0.1, -0.05) is 17.7 Å². The van der Waals surface area contributed by atoms with Crippen molar-refractivity contribution in [1.82, 2.24) is 10.2 Å². The van der Waals surface area contributed by atoms with Crippen LogP contribution in [0, 0.1) is 0 Å². The molecule has 100 valence electrons. The lowest BCUT2D eigenvalue weighted by Crippen LogP contribution is -2.31. The van der Waals surface area contributed by atoms with Gasteiger partial charge in [0.2, 0.25) is 0 Å². The topological polar surface area (TPSA) is 24.5 Å². The maximum Gasteiger partial charge on any atom is 0.124 e. The van der Waals surface area contributed by atoms with Crippen LogP contribution in [0.15, 0.2) is 18.2 Å². The number of likely N-dealkylation sites (tertiary alicyclic amines) is 1. The van der Waals surface area contributed by atoms with Crippen LogP contribution in [0.5, 0.6) is 5.75 Å². The molecule has 0 saturated carbocycles. The van der Waals surface area contributed by atoms with Gasteiger partial charge in [-0.25, -0.2) is 0 Å². The molecule has 0 aliphatic carbocycles. The first-order valence-electron chi connectivity index (χ1n) is 6.36. The van der Waals surface area contributed by atoms with E-state index in [-0.39, 0.29) is 0 Å². The molecule has 4 heteroatoms. The van der Waals surface area contributed by atoms with E-state index in [2.05, 4.69) is 24.2 Å². The van der Waals surface area contributed by atoms with Crippen LogP contribution in [0.25, 0.3) is 0 Å². The van der Waals surface area contributed by atoms with Crippen LogP contribution < -0.4 is 10.1 Å². The van der Waals surface area contributed by atoms with Crippen molar-refractivity contribution in [3.63, 3.8) is 0 Å². The average Bonchev–Trinajstić information content (AvgIpc) is 2.67. The fraction of sp³-hybridized carbons (Fsp3) is 0.571. The summed E-state index contributed by atoms with van der Waals surface area (Å²) in [5.74, 6) is 0.856. The zero-order valence-electron chi connectivity index (χ0n) is 11.2. The third kappa shape index (κ3) is 2.97. The summed E-state index contributed by atoms with van der Waals surface area (Å²) in [5, 5.41) is 4.33. The number of hydrogen-bond donors (Lipinski definition) is 1. The quantitative estimate of drug-likeness (QED) is 0.908. The predicted molar refractivity (Wildman–Crippen MR) is 75.3 cm³/mol. The molecule has 1 aromatic rings. The minimum atomic E-state index is 0.533. The Morgan fingerprint density at radius 3 is 2.89 bits per heavy atom. The Morgan fingerprint density at radius 1 is 1.50 bits per heavy atom. The first-order valence-corrected chi connectivity index (χ1v) is 6.74. The van der Waals surface area contributed by atoms with Gasteiger partial charge in [0.25, 0.3) is 0 Å². The number of rotatable bonds is 4. The molecule has 1 aromatic carbocycles. The van der Waals surface area contributed by atoms with E-state index in [0.717, 1.165) is 29.4 Å². The van der Waals surface area contributed by atoms with Gasteiger partial charge in [-0.2, -0.15) is 0 Å². The molecule has 3 nitrogen and oxygen atoms in total. The maximum absolute atomic E-state index is 6.22. The highest BCUT2D eigenvalue weighted by atomic mass is 35.5. The molecule has 2 atom stereocenters. The standard InChI is InChI=1S/C14H21ClN2O/c1-10-7-11(9-17(10)2)16-8-12-13(15)5-4-6-14(12)18-3/h4-6,10-11,16H,7-9H2,1-3H3. The van der Waals surface area contributed by atoms with Crippen molar-refractivity contribution < 1.29 is 4.74 Å². The summed E-state index contributed by atoms with van der Waals surface area (Å²) in [6, 6.07) is 6.95. The summed E-state index contributed by atoms with van der Waals surface area (Å²) in [6.45, 7) is 4.11. The van der Waals surface area contributed by atoms with Crippen molar-refractivity contribution in [2.45, 2.75) is 32.0 Å². The van der Waals surface area contributed by atoms with Gasteiger partial charge in [0, 0.05) is 35.8 Å². The Balaban J connectivity index is 1.98. The Kier molecular flexibility index (Phi) is 4.49. The minimum Gasteiger partial charge on any atom is -0.496 e. The summed E-state index contributed by atoms with van der Waals surface area (Å²) < 4.78 is 5.35. The molecule has 1 heterocycles. The number of methoxy groups -OCH3 is 1. The van der Waals surface area contributed by atoms with Gasteiger partial charge in [-0.15, -0.1) is 0 Å². The number of benzene rings is 1. The van der Waals surface area contributed by atoms with Crippen LogP contribution in [0.4, 0.5) is 0 Å². The lowest BCUT2D eigenvalue weighted by molar-refractivity contribution is 0.326. The smallest absolute Gasteiger partial charge is 0.124 e. The van der Waals surface area contributed by atoms with Crippen LogP contribution >= 0.6 is 11.6 Å². The first-order chi connectivity index (χ1) is 8.61. The van der Waals surface area contributed by atoms with Crippen molar-refractivity contribution in [1.29, 1.82) is 0 Å². The maximum atomic E-state index is 6.22. The molecule has 0 spiro atoms. The van der Waals surface area contributed by atoms with Gasteiger partial charge in [-0.05, 0) is 32.5 Å². The Morgan fingerprint density at radius 2 is 2.28 bits per heavy atom. The number of nitrogens with zero attached hydrogens (tertiary/aromatic N) is 1. The molecule has 0 aromatic heterocycles. The Hall–Kier alpha value is -0.770. The van der Waals surface area contributed by atoms with Crippen LogP contribution in [-0.4, -0.2) is 37.7 Å². The van der Waals surface area contributed by atoms with Gasteiger partial charge in [-0.3, -0.25) is 0 Å². The van der Waals surface area contributed by atoms with Gasteiger partial charge in [0.15, 0.2) is 0 Å². The summed E-state index contributed by atoms with van der Waals surface area (Å²) in [7, 11) is 3.85. The molecule has 2 unspecified atom stereocenters. The first kappa shape index (κ1) is 13.7. The molecule has 0 amide bonds. The van der Waals surface area contributed by atoms with E-state index >= 15 is 0 Å². The van der Waals surface area contributed by atoms with Crippen molar-refractivity contribution >= 4 is 11.6 Å². The summed E-state index contributed by atoms with van der Waals surface area (Å²) in [5.41, 5.74) is 1.05. The highest BCUT2D eigenvalue weighted by molar-refractivity contribution is 6.31. The van der Waals surface area contributed by atoms with Crippen molar-refractivity contribution in [3.05, 3.63) is 28.8 Å². The molecule has 1 aliphatic heterocycles. The lowest BCUT2D eigenvalue weighted by atomic mass is 10.1. The SMILES string of the molecule is COc1cccc(Cl)c1CNC1CC(C)N(C)C1. The Bertz CT molecular complexity index is 401. The van der Waals surface area contributed by atoms with Gasteiger partial charge >= 0.3 is 0 Å². The molecular weight excluding hydrogens is 248 g/mol. The average molecular weight is 269 g/mol. The van der Waals surface area contributed by atoms with Crippen LogP contribution in [0.1, 0.15) is 18.9 Å². The summed E-state index contributed by atoms with van der Waals surface area (Å²) in [6.07, 6.45) is 1.18. The highest BCUT2D eigenvalue weighted by Crippen LogP contribution is 2.26. The fourth-order valence-electron chi connectivity index (χ4n) is 2.49. The number of nitrogens with one attached hydrogen (secondary N) is 1.